The quantitative estimate of drug-likeness (QED) is 0.546. The zero-order valence-corrected chi connectivity index (χ0v) is 9.00. The Labute approximate surface area is 82.3 Å². The minimum Gasteiger partial charge on any atom is -0.202 e. The summed E-state index contributed by atoms with van der Waals surface area (Å²) in [5.74, 6) is 0. The second-order valence-corrected chi connectivity index (χ2v) is 7.14. The lowest BCUT2D eigenvalue weighted by Crippen LogP contribution is -1.70. The Hall–Kier alpha value is 0.0800. The second-order valence-electron chi connectivity index (χ2n) is 1.60. The monoisotopic (exact) mass is 236 g/mol. The van der Waals surface area contributed by atoms with Crippen molar-refractivity contribution in [1.82, 2.24) is 0 Å². The summed E-state index contributed by atoms with van der Waals surface area (Å²) in [7, 11) is 2.50. The molecule has 2 aliphatic rings. The Bertz CT molecular complexity index is 296. The molecule has 0 aromatic heterocycles. The van der Waals surface area contributed by atoms with Gasteiger partial charge in [0.25, 0.3) is 0 Å². The Balaban J connectivity index is 1.94. The lowest BCUT2D eigenvalue weighted by Gasteiger charge is -1.88. The fraction of sp³-hybridized carbons (Fsp3) is 0. The lowest BCUT2D eigenvalue weighted by molar-refractivity contribution is 1.50. The van der Waals surface area contributed by atoms with Gasteiger partial charge in [0.05, 0.1) is 0 Å². The van der Waals surface area contributed by atoms with Crippen molar-refractivity contribution >= 4 is 41.4 Å². The molecule has 2 unspecified atom stereocenters. The number of hydrogen-bond donors (Lipinski definition) is 0. The zero-order valence-electron chi connectivity index (χ0n) is 5.73. The van der Waals surface area contributed by atoms with Gasteiger partial charge in [0.1, 0.15) is 19.8 Å². The van der Waals surface area contributed by atoms with Gasteiger partial charge in [-0.05, 0) is 21.6 Å². The summed E-state index contributed by atoms with van der Waals surface area (Å²) in [6.07, 6.45) is 3.51. The van der Waals surface area contributed by atoms with E-state index in [1.54, 1.807) is 34.0 Å². The first-order valence-electron chi connectivity index (χ1n) is 2.92. The molecule has 8 heteroatoms. The highest BCUT2D eigenvalue weighted by atomic mass is 33.1. The maximum Gasteiger partial charge on any atom is 0.108 e. The van der Waals surface area contributed by atoms with Crippen LogP contribution in [0.1, 0.15) is 0 Å². The number of nitrogens with zero attached hydrogens (tertiary/aromatic N) is 4. The van der Waals surface area contributed by atoms with E-state index in [0.717, 1.165) is 0 Å². The van der Waals surface area contributed by atoms with Crippen LogP contribution in [0.4, 0.5) is 0 Å². The van der Waals surface area contributed by atoms with Gasteiger partial charge in [0, 0.05) is 23.2 Å². The molecular formula is C4H4N4S4. The van der Waals surface area contributed by atoms with Crippen molar-refractivity contribution in [2.45, 2.75) is 0 Å². The molecular weight excluding hydrogens is 232 g/mol. The van der Waals surface area contributed by atoms with Crippen LogP contribution in [-0.2, 0) is 19.8 Å². The molecule has 0 aliphatic carbocycles. The third-order valence-electron chi connectivity index (χ3n) is 0.880. The van der Waals surface area contributed by atoms with Gasteiger partial charge in [-0.3, -0.25) is 0 Å². The number of rotatable bonds is 2. The third kappa shape index (κ3) is 2.28. The third-order valence-corrected chi connectivity index (χ3v) is 5.46. The smallest absolute Gasteiger partial charge is 0.108 e. The highest BCUT2D eigenvalue weighted by Gasteiger charge is 2.00. The molecule has 0 aromatic carbocycles. The van der Waals surface area contributed by atoms with Crippen molar-refractivity contribution in [3.63, 3.8) is 0 Å². The summed E-state index contributed by atoms with van der Waals surface area (Å²) in [6.45, 7) is 0. The maximum atomic E-state index is 4.08. The first kappa shape index (κ1) is 8.67. The molecule has 2 heterocycles. The van der Waals surface area contributed by atoms with E-state index in [4.69, 9.17) is 0 Å². The average Bonchev–Trinajstić information content (AvgIpc) is 2.74. The van der Waals surface area contributed by atoms with Crippen molar-refractivity contribution in [1.29, 1.82) is 0 Å². The van der Waals surface area contributed by atoms with Crippen LogP contribution in [0.15, 0.2) is 41.0 Å². The predicted molar refractivity (Wildman–Crippen MR) is 57.9 cm³/mol. The van der Waals surface area contributed by atoms with Crippen LogP contribution in [0.3, 0.4) is 0 Å². The van der Waals surface area contributed by atoms with Crippen LogP contribution in [0, 0.1) is 0 Å². The van der Waals surface area contributed by atoms with Crippen molar-refractivity contribution in [2.24, 2.45) is 17.8 Å². The zero-order chi connectivity index (χ0) is 8.23. The van der Waals surface area contributed by atoms with E-state index in [1.807, 2.05) is 10.8 Å². The predicted octanol–water partition coefficient (Wildman–Crippen LogP) is 3.14. The summed E-state index contributed by atoms with van der Waals surface area (Å²) in [4.78, 5) is 0. The standard InChI is InChI=1S/C4H4N4S4/c1-3-9-11(5-1)7-8-12-6-2-4-10-12/h1-4H. The Kier molecular flexibility index (Phi) is 3.15. The Morgan fingerprint density at radius 2 is 1.42 bits per heavy atom. The first-order chi connectivity index (χ1) is 5.95. The summed E-state index contributed by atoms with van der Waals surface area (Å²) in [6, 6.07) is 0. The topological polar surface area (TPSA) is 49.4 Å². The molecule has 2 rings (SSSR count). The van der Waals surface area contributed by atoms with E-state index in [9.17, 15) is 0 Å². The Morgan fingerprint density at radius 1 is 0.917 bits per heavy atom. The van der Waals surface area contributed by atoms with E-state index >= 15 is 0 Å². The largest absolute Gasteiger partial charge is 0.202 e. The normalized spacial score (nSPS) is 32.7. The van der Waals surface area contributed by atoms with Gasteiger partial charge < -0.3 is 0 Å². The molecule has 0 aromatic rings. The molecule has 0 N–H and O–H groups in total. The fourth-order valence-corrected chi connectivity index (χ4v) is 4.32. The highest BCUT2D eigenvalue weighted by Crippen LogP contribution is 2.24. The molecule has 0 amide bonds. The molecule has 64 valence electrons. The molecule has 0 saturated carbocycles. The Morgan fingerprint density at radius 3 is 1.75 bits per heavy atom. The van der Waals surface area contributed by atoms with Crippen LogP contribution >= 0.6 is 21.6 Å². The van der Waals surface area contributed by atoms with E-state index in [2.05, 4.69) is 17.8 Å². The molecule has 0 bridgehead atoms. The van der Waals surface area contributed by atoms with Crippen LogP contribution in [0.2, 0.25) is 0 Å². The number of hydrogen-bond acceptors (Lipinski definition) is 6. The molecule has 12 heavy (non-hydrogen) atoms. The van der Waals surface area contributed by atoms with E-state index < -0.39 is 0 Å². The van der Waals surface area contributed by atoms with Gasteiger partial charge in [-0.1, -0.05) is 9.04 Å². The first-order valence-corrected chi connectivity index (χ1v) is 7.99. The molecule has 2 atom stereocenters. The van der Waals surface area contributed by atoms with Gasteiger partial charge in [-0.15, -0.1) is 0 Å². The van der Waals surface area contributed by atoms with Crippen molar-refractivity contribution < 1.29 is 0 Å². The average molecular weight is 236 g/mol. The molecule has 4 nitrogen and oxygen atoms in total. The minimum atomic E-state index is -0.329. The fourth-order valence-electron chi connectivity index (χ4n) is 0.490. The van der Waals surface area contributed by atoms with Gasteiger partial charge in [0.15, 0.2) is 0 Å². The van der Waals surface area contributed by atoms with Crippen LogP contribution in [0.5, 0.6) is 0 Å². The SMILES string of the molecule is C1=CSS(N=NS2=NC=CS2)=N1. The molecule has 0 spiro atoms. The minimum absolute atomic E-state index is 0.329. The summed E-state index contributed by atoms with van der Waals surface area (Å²) in [5.41, 5.74) is 0. The van der Waals surface area contributed by atoms with Gasteiger partial charge >= 0.3 is 0 Å². The summed E-state index contributed by atoms with van der Waals surface area (Å²) in [5, 5.41) is 3.84. The molecule has 2 aliphatic heterocycles. The van der Waals surface area contributed by atoms with E-state index in [-0.39, 0.29) is 19.8 Å². The summed E-state index contributed by atoms with van der Waals surface area (Å²) < 4.78 is 16.3. The maximum absolute atomic E-state index is 4.08. The van der Waals surface area contributed by atoms with E-state index in [0.29, 0.717) is 0 Å². The van der Waals surface area contributed by atoms with Gasteiger partial charge in [-0.25, -0.2) is 8.73 Å². The highest BCUT2D eigenvalue weighted by molar-refractivity contribution is 8.72. The lowest BCUT2D eigenvalue weighted by atomic mass is 11.1. The van der Waals surface area contributed by atoms with Crippen molar-refractivity contribution in [2.75, 3.05) is 0 Å². The van der Waals surface area contributed by atoms with Gasteiger partial charge in [0.2, 0.25) is 0 Å². The molecule has 0 radical (unpaired) electrons. The molecule has 0 saturated heterocycles. The van der Waals surface area contributed by atoms with Crippen LogP contribution in [0.25, 0.3) is 0 Å². The van der Waals surface area contributed by atoms with Crippen molar-refractivity contribution in [3.8, 4) is 0 Å². The summed E-state index contributed by atoms with van der Waals surface area (Å²) >= 11 is 0. The van der Waals surface area contributed by atoms with Crippen LogP contribution < -0.4 is 0 Å². The van der Waals surface area contributed by atoms with Crippen LogP contribution in [-0.4, -0.2) is 0 Å². The second kappa shape index (κ2) is 4.35. The van der Waals surface area contributed by atoms with Crippen molar-refractivity contribution in [3.05, 3.63) is 23.2 Å². The molecule has 0 fully saturated rings. The van der Waals surface area contributed by atoms with E-state index in [1.165, 1.54) is 0 Å². The van der Waals surface area contributed by atoms with Gasteiger partial charge in [-0.2, -0.15) is 0 Å².